The van der Waals surface area contributed by atoms with Crippen LogP contribution < -0.4 is 10.9 Å². The maximum absolute atomic E-state index is 3.58. The highest BCUT2D eigenvalue weighted by atomic mass is 15.4. The van der Waals surface area contributed by atoms with Crippen molar-refractivity contribution in [2.45, 2.75) is 83.7 Å². The summed E-state index contributed by atoms with van der Waals surface area (Å²) in [6, 6.07) is 1.46. The fraction of sp³-hybridized carbons (Fsp3) is 1.00. The Labute approximate surface area is 101 Å². The Morgan fingerprint density at radius 1 is 0.750 bits per heavy atom. The Kier molecular flexibility index (Phi) is 4.26. The maximum atomic E-state index is 3.58. The zero-order valence-corrected chi connectivity index (χ0v) is 11.0. The lowest BCUT2D eigenvalue weighted by atomic mass is 9.76. The van der Waals surface area contributed by atoms with Crippen LogP contribution in [0.25, 0.3) is 0 Å². The summed E-state index contributed by atoms with van der Waals surface area (Å²) in [5, 5.41) is 0. The molecule has 2 saturated carbocycles. The van der Waals surface area contributed by atoms with Gasteiger partial charge in [0.05, 0.1) is 0 Å². The summed E-state index contributed by atoms with van der Waals surface area (Å²) in [6.07, 6.45) is 12.4. The summed E-state index contributed by atoms with van der Waals surface area (Å²) >= 11 is 0. The Hall–Kier alpha value is -0.0800. The van der Waals surface area contributed by atoms with Crippen molar-refractivity contribution in [3.05, 3.63) is 0 Å². The van der Waals surface area contributed by atoms with Crippen LogP contribution in [-0.2, 0) is 0 Å². The van der Waals surface area contributed by atoms with Gasteiger partial charge in [0, 0.05) is 12.1 Å². The molecule has 2 rings (SSSR count). The van der Waals surface area contributed by atoms with E-state index in [1.807, 2.05) is 0 Å². The first-order chi connectivity index (χ1) is 7.66. The second-order valence-corrected chi connectivity index (χ2v) is 6.56. The maximum Gasteiger partial charge on any atom is 0.0213 e. The third-order valence-electron chi connectivity index (χ3n) is 4.44. The van der Waals surface area contributed by atoms with Crippen molar-refractivity contribution in [2.24, 2.45) is 5.41 Å². The van der Waals surface area contributed by atoms with Crippen molar-refractivity contribution in [3.63, 3.8) is 0 Å². The van der Waals surface area contributed by atoms with E-state index in [4.69, 9.17) is 0 Å². The van der Waals surface area contributed by atoms with Crippen molar-refractivity contribution in [3.8, 4) is 0 Å². The van der Waals surface area contributed by atoms with Crippen LogP contribution in [0.5, 0.6) is 0 Å². The fourth-order valence-electron chi connectivity index (χ4n) is 3.03. The smallest absolute Gasteiger partial charge is 0.0213 e. The SMILES string of the molecule is CC1(C)CCC(NNC2CCCCC2)CC1. The van der Waals surface area contributed by atoms with E-state index in [2.05, 4.69) is 24.7 Å². The minimum absolute atomic E-state index is 0.586. The molecular formula is C14H28N2. The van der Waals surface area contributed by atoms with Crippen molar-refractivity contribution < 1.29 is 0 Å². The van der Waals surface area contributed by atoms with Gasteiger partial charge in [0.1, 0.15) is 0 Å². The molecular weight excluding hydrogens is 196 g/mol. The summed E-state index contributed by atoms with van der Waals surface area (Å²) in [5.74, 6) is 0. The van der Waals surface area contributed by atoms with E-state index in [1.165, 1.54) is 57.8 Å². The minimum Gasteiger partial charge on any atom is -0.255 e. The summed E-state index contributed by atoms with van der Waals surface area (Å²) in [4.78, 5) is 0. The Morgan fingerprint density at radius 3 is 1.81 bits per heavy atom. The van der Waals surface area contributed by atoms with Gasteiger partial charge in [-0.15, -0.1) is 0 Å². The number of hydrogen-bond acceptors (Lipinski definition) is 2. The normalized spacial score (nSPS) is 28.1. The van der Waals surface area contributed by atoms with Gasteiger partial charge in [0.25, 0.3) is 0 Å². The van der Waals surface area contributed by atoms with Gasteiger partial charge in [-0.05, 0) is 43.9 Å². The number of hydrazine groups is 1. The average Bonchev–Trinajstić information content (AvgIpc) is 2.29. The molecule has 0 aromatic rings. The molecule has 0 aliphatic heterocycles. The van der Waals surface area contributed by atoms with Crippen molar-refractivity contribution in [1.82, 2.24) is 10.9 Å². The van der Waals surface area contributed by atoms with E-state index in [9.17, 15) is 0 Å². The van der Waals surface area contributed by atoms with Crippen molar-refractivity contribution >= 4 is 0 Å². The van der Waals surface area contributed by atoms with Gasteiger partial charge in [-0.25, -0.2) is 0 Å². The first kappa shape index (κ1) is 12.4. The molecule has 0 aromatic carbocycles. The van der Waals surface area contributed by atoms with Crippen LogP contribution in [0.15, 0.2) is 0 Å². The van der Waals surface area contributed by atoms with Crippen LogP contribution in [0.2, 0.25) is 0 Å². The van der Waals surface area contributed by atoms with E-state index in [-0.39, 0.29) is 0 Å². The molecule has 0 spiro atoms. The summed E-state index contributed by atoms with van der Waals surface area (Å²) in [6.45, 7) is 4.80. The number of nitrogens with one attached hydrogen (secondary N) is 2. The topological polar surface area (TPSA) is 24.1 Å². The summed E-state index contributed by atoms with van der Waals surface area (Å²) in [5.41, 5.74) is 7.73. The lowest BCUT2D eigenvalue weighted by molar-refractivity contribution is 0.185. The predicted octanol–water partition coefficient (Wildman–Crippen LogP) is 3.38. The van der Waals surface area contributed by atoms with E-state index >= 15 is 0 Å². The Balaban J connectivity index is 1.63. The fourth-order valence-corrected chi connectivity index (χ4v) is 3.03. The summed E-state index contributed by atoms with van der Waals surface area (Å²) in [7, 11) is 0. The van der Waals surface area contributed by atoms with Crippen LogP contribution in [0.4, 0.5) is 0 Å². The molecule has 0 amide bonds. The third kappa shape index (κ3) is 3.74. The molecule has 94 valence electrons. The minimum atomic E-state index is 0.586. The summed E-state index contributed by atoms with van der Waals surface area (Å²) < 4.78 is 0. The lowest BCUT2D eigenvalue weighted by Crippen LogP contribution is -2.48. The Bertz CT molecular complexity index is 197. The molecule has 2 aliphatic rings. The van der Waals surface area contributed by atoms with Gasteiger partial charge in [-0.2, -0.15) is 0 Å². The molecule has 0 bridgehead atoms. The van der Waals surface area contributed by atoms with Crippen LogP contribution >= 0.6 is 0 Å². The molecule has 2 heteroatoms. The van der Waals surface area contributed by atoms with Crippen molar-refractivity contribution in [1.29, 1.82) is 0 Å². The molecule has 0 radical (unpaired) electrons. The molecule has 0 atom stereocenters. The molecule has 0 saturated heterocycles. The highest BCUT2D eigenvalue weighted by Gasteiger charge is 2.26. The molecule has 0 aromatic heterocycles. The first-order valence-electron chi connectivity index (χ1n) is 7.17. The highest BCUT2D eigenvalue weighted by molar-refractivity contribution is 4.82. The largest absolute Gasteiger partial charge is 0.255 e. The van der Waals surface area contributed by atoms with Gasteiger partial charge < -0.3 is 0 Å². The second-order valence-electron chi connectivity index (χ2n) is 6.56. The lowest BCUT2D eigenvalue weighted by Gasteiger charge is -2.36. The molecule has 0 unspecified atom stereocenters. The molecule has 16 heavy (non-hydrogen) atoms. The Morgan fingerprint density at radius 2 is 1.25 bits per heavy atom. The average molecular weight is 224 g/mol. The van der Waals surface area contributed by atoms with Gasteiger partial charge in [0.2, 0.25) is 0 Å². The van der Waals surface area contributed by atoms with Crippen LogP contribution in [0, 0.1) is 5.41 Å². The van der Waals surface area contributed by atoms with Gasteiger partial charge in [-0.1, -0.05) is 33.1 Å². The van der Waals surface area contributed by atoms with Gasteiger partial charge in [-0.3, -0.25) is 10.9 Å². The van der Waals surface area contributed by atoms with Crippen molar-refractivity contribution in [2.75, 3.05) is 0 Å². The molecule has 2 fully saturated rings. The van der Waals surface area contributed by atoms with E-state index in [0.717, 1.165) is 12.1 Å². The van der Waals surface area contributed by atoms with Gasteiger partial charge >= 0.3 is 0 Å². The molecule has 2 aliphatic carbocycles. The monoisotopic (exact) mass is 224 g/mol. The quantitative estimate of drug-likeness (QED) is 0.718. The van der Waals surface area contributed by atoms with Crippen LogP contribution in [0.1, 0.15) is 71.6 Å². The standard InChI is InChI=1S/C14H28N2/c1-14(2)10-8-13(9-11-14)16-15-12-6-4-3-5-7-12/h12-13,15-16H,3-11H2,1-2H3. The van der Waals surface area contributed by atoms with E-state index in [0.29, 0.717) is 5.41 Å². The zero-order valence-electron chi connectivity index (χ0n) is 11.0. The number of hydrogen-bond donors (Lipinski definition) is 2. The molecule has 0 heterocycles. The molecule has 2 N–H and O–H groups in total. The van der Waals surface area contributed by atoms with Gasteiger partial charge in [0.15, 0.2) is 0 Å². The second kappa shape index (κ2) is 5.50. The highest BCUT2D eigenvalue weighted by Crippen LogP contribution is 2.34. The third-order valence-corrected chi connectivity index (χ3v) is 4.44. The van der Waals surface area contributed by atoms with Crippen LogP contribution in [0.3, 0.4) is 0 Å². The van der Waals surface area contributed by atoms with E-state index in [1.54, 1.807) is 0 Å². The number of rotatable bonds is 3. The predicted molar refractivity (Wildman–Crippen MR) is 69.2 cm³/mol. The first-order valence-corrected chi connectivity index (χ1v) is 7.17. The molecule has 2 nitrogen and oxygen atoms in total. The van der Waals surface area contributed by atoms with Crippen LogP contribution in [-0.4, -0.2) is 12.1 Å². The van der Waals surface area contributed by atoms with E-state index < -0.39 is 0 Å². The zero-order chi connectivity index (χ0) is 11.4.